The van der Waals surface area contributed by atoms with Gasteiger partial charge >= 0.3 is 0 Å². The fourth-order valence-corrected chi connectivity index (χ4v) is 2.40. The van der Waals surface area contributed by atoms with E-state index in [4.69, 9.17) is 18.0 Å². The molecule has 0 aliphatic carbocycles. The Kier molecular flexibility index (Phi) is 4.65. The van der Waals surface area contributed by atoms with Crippen LogP contribution in [0.2, 0.25) is 0 Å². The van der Waals surface area contributed by atoms with Crippen LogP contribution in [0.3, 0.4) is 0 Å². The molecule has 2 aromatic rings. The number of nitrogens with two attached hydrogens (primary N) is 1. The SMILES string of the molecule is Cc1ccc(SC(=S)N=C(N)c2ccccn2)cc1. The van der Waals surface area contributed by atoms with E-state index in [1.807, 2.05) is 43.3 Å². The Morgan fingerprint density at radius 2 is 1.95 bits per heavy atom. The molecule has 0 unspecified atom stereocenters. The average molecular weight is 287 g/mol. The average Bonchev–Trinajstić information content (AvgIpc) is 2.42. The zero-order valence-corrected chi connectivity index (χ0v) is 12.0. The number of amidine groups is 1. The highest BCUT2D eigenvalue weighted by Gasteiger charge is 2.03. The molecule has 0 radical (unpaired) electrons. The predicted molar refractivity (Wildman–Crippen MR) is 84.6 cm³/mol. The molecule has 5 heteroatoms. The Morgan fingerprint density at radius 1 is 1.21 bits per heavy atom. The Labute approximate surface area is 122 Å². The second kappa shape index (κ2) is 6.45. The summed E-state index contributed by atoms with van der Waals surface area (Å²) in [6.07, 6.45) is 1.67. The standard InChI is InChI=1S/C14H13N3S2/c1-10-5-7-11(8-6-10)19-14(18)17-13(15)12-4-2-3-9-16-12/h2-9H,1H3,(H2,15,17,18). The van der Waals surface area contributed by atoms with E-state index in [0.717, 1.165) is 4.90 Å². The van der Waals surface area contributed by atoms with Crippen LogP contribution in [-0.2, 0) is 0 Å². The van der Waals surface area contributed by atoms with Crippen molar-refractivity contribution in [3.05, 3.63) is 59.9 Å². The Balaban J connectivity index is 2.07. The van der Waals surface area contributed by atoms with Crippen LogP contribution in [0.5, 0.6) is 0 Å². The van der Waals surface area contributed by atoms with Gasteiger partial charge in [0, 0.05) is 11.1 Å². The van der Waals surface area contributed by atoms with Crippen LogP contribution in [0.25, 0.3) is 0 Å². The number of aromatic nitrogens is 1. The Morgan fingerprint density at radius 3 is 2.58 bits per heavy atom. The van der Waals surface area contributed by atoms with Gasteiger partial charge in [0.05, 0.1) is 0 Å². The molecule has 0 saturated heterocycles. The van der Waals surface area contributed by atoms with E-state index < -0.39 is 0 Å². The fraction of sp³-hybridized carbons (Fsp3) is 0.0714. The van der Waals surface area contributed by atoms with Crippen LogP contribution in [0.1, 0.15) is 11.3 Å². The number of hydrogen-bond acceptors (Lipinski definition) is 3. The Bertz CT molecular complexity index is 592. The topological polar surface area (TPSA) is 51.3 Å². The van der Waals surface area contributed by atoms with Crippen LogP contribution >= 0.6 is 24.0 Å². The highest BCUT2D eigenvalue weighted by atomic mass is 32.2. The lowest BCUT2D eigenvalue weighted by molar-refractivity contribution is 1.28. The molecule has 19 heavy (non-hydrogen) atoms. The molecule has 3 nitrogen and oxygen atoms in total. The van der Waals surface area contributed by atoms with Crippen LogP contribution in [0.4, 0.5) is 0 Å². The van der Waals surface area contributed by atoms with Gasteiger partial charge in [-0.05, 0) is 31.2 Å². The van der Waals surface area contributed by atoms with Gasteiger partial charge in [-0.25, -0.2) is 4.99 Å². The first-order valence-corrected chi connectivity index (χ1v) is 6.91. The number of thioether (sulfide) groups is 1. The fourth-order valence-electron chi connectivity index (χ4n) is 1.40. The zero-order valence-electron chi connectivity index (χ0n) is 10.4. The van der Waals surface area contributed by atoms with Crippen LogP contribution in [-0.4, -0.2) is 15.1 Å². The van der Waals surface area contributed by atoms with Crippen LogP contribution < -0.4 is 5.73 Å². The molecule has 0 aliphatic heterocycles. The van der Waals surface area contributed by atoms with Crippen molar-refractivity contribution < 1.29 is 0 Å². The number of aliphatic imine (C=N–C) groups is 1. The van der Waals surface area contributed by atoms with Gasteiger partial charge in [0.2, 0.25) is 0 Å². The van der Waals surface area contributed by atoms with Gasteiger partial charge in [-0.1, -0.05) is 47.7 Å². The van der Waals surface area contributed by atoms with Crippen molar-refractivity contribution >= 4 is 34.1 Å². The maximum absolute atomic E-state index is 5.86. The first kappa shape index (κ1) is 13.7. The lowest BCUT2D eigenvalue weighted by Crippen LogP contribution is -2.15. The van der Waals surface area contributed by atoms with E-state index in [1.54, 1.807) is 12.3 Å². The van der Waals surface area contributed by atoms with Crippen molar-refractivity contribution in [3.8, 4) is 0 Å². The molecule has 1 aromatic heterocycles. The van der Waals surface area contributed by atoms with Crippen molar-refractivity contribution in [1.29, 1.82) is 0 Å². The van der Waals surface area contributed by atoms with Gasteiger partial charge < -0.3 is 5.73 Å². The second-order valence-corrected chi connectivity index (χ2v) is 5.60. The third-order valence-corrected chi connectivity index (χ3v) is 3.48. The number of rotatable bonds is 2. The van der Waals surface area contributed by atoms with Crippen molar-refractivity contribution in [1.82, 2.24) is 4.98 Å². The number of benzene rings is 1. The number of hydrogen-bond donors (Lipinski definition) is 1. The van der Waals surface area contributed by atoms with E-state index in [2.05, 4.69) is 9.98 Å². The molecule has 0 amide bonds. The molecule has 0 fully saturated rings. The normalized spacial score (nSPS) is 11.3. The van der Waals surface area contributed by atoms with Crippen LogP contribution in [0, 0.1) is 6.92 Å². The van der Waals surface area contributed by atoms with Gasteiger partial charge in [0.25, 0.3) is 0 Å². The van der Waals surface area contributed by atoms with Gasteiger partial charge in [-0.15, -0.1) is 0 Å². The summed E-state index contributed by atoms with van der Waals surface area (Å²) in [6, 6.07) is 13.6. The minimum Gasteiger partial charge on any atom is -0.382 e. The maximum Gasteiger partial charge on any atom is 0.166 e. The van der Waals surface area contributed by atoms with Crippen molar-refractivity contribution in [3.63, 3.8) is 0 Å². The van der Waals surface area contributed by atoms with Crippen molar-refractivity contribution in [2.45, 2.75) is 11.8 Å². The molecule has 1 aromatic carbocycles. The summed E-state index contributed by atoms with van der Waals surface area (Å²) in [5, 5.41) is 0. The summed E-state index contributed by atoms with van der Waals surface area (Å²) in [6.45, 7) is 2.05. The minimum atomic E-state index is 0.338. The first-order chi connectivity index (χ1) is 9.15. The van der Waals surface area contributed by atoms with Gasteiger partial charge in [0.15, 0.2) is 10.2 Å². The molecule has 2 N–H and O–H groups in total. The summed E-state index contributed by atoms with van der Waals surface area (Å²) >= 11 is 6.62. The summed E-state index contributed by atoms with van der Waals surface area (Å²) in [7, 11) is 0. The molecule has 96 valence electrons. The van der Waals surface area contributed by atoms with E-state index in [0.29, 0.717) is 15.9 Å². The molecule has 0 atom stereocenters. The van der Waals surface area contributed by atoms with Gasteiger partial charge in [-0.3, -0.25) is 4.98 Å². The summed E-state index contributed by atoms with van der Waals surface area (Å²) < 4.78 is 0.479. The molecule has 2 rings (SSSR count). The molecule has 0 spiro atoms. The van der Waals surface area contributed by atoms with Gasteiger partial charge in [-0.2, -0.15) is 0 Å². The molecule has 0 aliphatic rings. The zero-order chi connectivity index (χ0) is 13.7. The molecule has 0 saturated carbocycles. The summed E-state index contributed by atoms with van der Waals surface area (Å²) in [5.41, 5.74) is 7.71. The quantitative estimate of drug-likeness (QED) is 0.399. The lowest BCUT2D eigenvalue weighted by Gasteiger charge is -2.02. The third-order valence-electron chi connectivity index (χ3n) is 2.37. The van der Waals surface area contributed by atoms with E-state index in [9.17, 15) is 0 Å². The summed E-state index contributed by atoms with van der Waals surface area (Å²) in [4.78, 5) is 9.37. The highest BCUT2D eigenvalue weighted by Crippen LogP contribution is 2.20. The van der Waals surface area contributed by atoms with E-state index in [-0.39, 0.29) is 0 Å². The highest BCUT2D eigenvalue weighted by molar-refractivity contribution is 8.23. The molecule has 1 heterocycles. The number of pyridine rings is 1. The maximum atomic E-state index is 5.86. The first-order valence-electron chi connectivity index (χ1n) is 5.69. The number of nitrogens with zero attached hydrogens (tertiary/aromatic N) is 2. The van der Waals surface area contributed by atoms with E-state index >= 15 is 0 Å². The van der Waals surface area contributed by atoms with Crippen molar-refractivity contribution in [2.75, 3.05) is 0 Å². The van der Waals surface area contributed by atoms with Gasteiger partial charge in [0.1, 0.15) is 5.69 Å². The van der Waals surface area contributed by atoms with E-state index in [1.165, 1.54) is 17.3 Å². The third kappa shape index (κ3) is 4.15. The molecular formula is C14H13N3S2. The van der Waals surface area contributed by atoms with Crippen molar-refractivity contribution in [2.24, 2.45) is 10.7 Å². The lowest BCUT2D eigenvalue weighted by atomic mass is 10.2. The monoisotopic (exact) mass is 287 g/mol. The molecular weight excluding hydrogens is 274 g/mol. The smallest absolute Gasteiger partial charge is 0.166 e. The molecule has 0 bridgehead atoms. The Hall–Kier alpha value is -1.72. The summed E-state index contributed by atoms with van der Waals surface area (Å²) in [5.74, 6) is 0.338. The largest absolute Gasteiger partial charge is 0.382 e. The van der Waals surface area contributed by atoms with Crippen LogP contribution in [0.15, 0.2) is 58.5 Å². The second-order valence-electron chi connectivity index (χ2n) is 3.89. The number of aryl methyl sites for hydroxylation is 1. The predicted octanol–water partition coefficient (Wildman–Crippen LogP) is 3.17. The minimum absolute atomic E-state index is 0.338. The number of thiocarbonyl (C=S) groups is 1.